The number of carbonyl (C=O) groups is 1. The van der Waals surface area contributed by atoms with E-state index in [2.05, 4.69) is 0 Å². The van der Waals surface area contributed by atoms with Gasteiger partial charge < -0.3 is 4.55 Å². The van der Waals surface area contributed by atoms with Crippen molar-refractivity contribution in [2.45, 2.75) is 18.2 Å². The molecular formula is C15H13O4S-. The highest BCUT2D eigenvalue weighted by atomic mass is 32.2. The summed E-state index contributed by atoms with van der Waals surface area (Å²) in [5, 5.41) is 0. The highest BCUT2D eigenvalue weighted by Gasteiger charge is 2.13. The average molecular weight is 289 g/mol. The number of rotatable bonds is 4. The van der Waals surface area contributed by atoms with Crippen LogP contribution in [0.5, 0.6) is 0 Å². The molecule has 0 amide bonds. The lowest BCUT2D eigenvalue weighted by molar-refractivity contribution is 0.0992. The molecule has 4 nitrogen and oxygen atoms in total. The highest BCUT2D eigenvalue weighted by Crippen LogP contribution is 2.19. The van der Waals surface area contributed by atoms with Crippen molar-refractivity contribution in [3.05, 3.63) is 65.2 Å². The van der Waals surface area contributed by atoms with Crippen molar-refractivity contribution in [2.75, 3.05) is 0 Å². The SMILES string of the molecule is Cc1ccc(S(=O)(=O)[O-])c(CC(=O)c2ccccc2)c1. The Bertz CT molecular complexity index is 734. The van der Waals surface area contributed by atoms with Gasteiger partial charge in [-0.05, 0) is 18.6 Å². The molecule has 5 heteroatoms. The van der Waals surface area contributed by atoms with Crippen LogP contribution in [0.4, 0.5) is 0 Å². The summed E-state index contributed by atoms with van der Waals surface area (Å²) in [5.41, 5.74) is 1.53. The van der Waals surface area contributed by atoms with E-state index in [9.17, 15) is 17.8 Å². The third kappa shape index (κ3) is 3.31. The van der Waals surface area contributed by atoms with Gasteiger partial charge in [0.05, 0.1) is 4.90 Å². The molecule has 0 saturated carbocycles. The first-order valence-corrected chi connectivity index (χ1v) is 7.42. The van der Waals surface area contributed by atoms with Gasteiger partial charge in [0, 0.05) is 12.0 Å². The molecule has 0 atom stereocenters. The minimum absolute atomic E-state index is 0.109. The molecule has 2 rings (SSSR count). The highest BCUT2D eigenvalue weighted by molar-refractivity contribution is 7.85. The monoisotopic (exact) mass is 289 g/mol. The molecule has 0 fully saturated rings. The van der Waals surface area contributed by atoms with Crippen LogP contribution in [0, 0.1) is 6.92 Å². The largest absolute Gasteiger partial charge is 0.744 e. The number of ketones is 1. The Labute approximate surface area is 117 Å². The van der Waals surface area contributed by atoms with E-state index in [1.165, 1.54) is 6.07 Å². The summed E-state index contributed by atoms with van der Waals surface area (Å²) in [7, 11) is -4.58. The summed E-state index contributed by atoms with van der Waals surface area (Å²) in [6, 6.07) is 12.9. The second kappa shape index (κ2) is 5.56. The fourth-order valence-corrected chi connectivity index (χ4v) is 2.68. The zero-order chi connectivity index (χ0) is 14.8. The van der Waals surface area contributed by atoms with E-state index in [0.717, 1.165) is 5.56 Å². The molecule has 104 valence electrons. The second-order valence-electron chi connectivity index (χ2n) is 4.53. The number of Topliss-reactive ketones (excluding diaryl/α,β-unsaturated/α-hetero) is 1. The molecule has 0 spiro atoms. The third-order valence-corrected chi connectivity index (χ3v) is 3.87. The molecule has 0 radical (unpaired) electrons. The van der Waals surface area contributed by atoms with Crippen LogP contribution < -0.4 is 0 Å². The average Bonchev–Trinajstić information content (AvgIpc) is 2.38. The van der Waals surface area contributed by atoms with Crippen molar-refractivity contribution in [3.63, 3.8) is 0 Å². The number of carbonyl (C=O) groups excluding carboxylic acids is 1. The maximum atomic E-state index is 12.1. The number of benzene rings is 2. The normalized spacial score (nSPS) is 11.3. The van der Waals surface area contributed by atoms with Crippen LogP contribution in [-0.2, 0) is 16.5 Å². The smallest absolute Gasteiger partial charge is 0.167 e. The van der Waals surface area contributed by atoms with Gasteiger partial charge in [-0.1, -0.05) is 48.0 Å². The van der Waals surface area contributed by atoms with Crippen LogP contribution in [0.25, 0.3) is 0 Å². The Morgan fingerprint density at radius 3 is 2.35 bits per heavy atom. The van der Waals surface area contributed by atoms with Crippen molar-refractivity contribution in [3.8, 4) is 0 Å². The van der Waals surface area contributed by atoms with Crippen LogP contribution in [-0.4, -0.2) is 18.8 Å². The predicted octanol–water partition coefficient (Wildman–Crippen LogP) is 2.32. The van der Waals surface area contributed by atoms with E-state index in [1.807, 2.05) is 0 Å². The Balaban J connectivity index is 2.39. The standard InChI is InChI=1S/C15H14O4S/c1-11-7-8-15(20(17,18)19)13(9-11)10-14(16)12-5-3-2-4-6-12/h2-9H,10H2,1H3,(H,17,18,19)/p-1. The fraction of sp³-hybridized carbons (Fsp3) is 0.133. The topological polar surface area (TPSA) is 74.3 Å². The summed E-state index contributed by atoms with van der Waals surface area (Å²) in [5.74, 6) is -0.221. The molecule has 2 aromatic carbocycles. The van der Waals surface area contributed by atoms with Gasteiger partial charge in [-0.2, -0.15) is 0 Å². The van der Waals surface area contributed by atoms with E-state index in [4.69, 9.17) is 0 Å². The quantitative estimate of drug-likeness (QED) is 0.639. The van der Waals surface area contributed by atoms with Gasteiger partial charge in [0.25, 0.3) is 0 Å². The first-order chi connectivity index (χ1) is 9.38. The molecule has 0 N–H and O–H groups in total. The molecule has 2 aromatic rings. The predicted molar refractivity (Wildman–Crippen MR) is 73.6 cm³/mol. The lowest BCUT2D eigenvalue weighted by Crippen LogP contribution is -2.09. The zero-order valence-corrected chi connectivity index (χ0v) is 11.7. The Morgan fingerprint density at radius 1 is 1.10 bits per heavy atom. The van der Waals surface area contributed by atoms with E-state index in [-0.39, 0.29) is 22.7 Å². The number of hydrogen-bond acceptors (Lipinski definition) is 4. The summed E-state index contributed by atoms with van der Waals surface area (Å²) in [6.07, 6.45) is -0.109. The lowest BCUT2D eigenvalue weighted by atomic mass is 10.0. The maximum absolute atomic E-state index is 12.1. The third-order valence-electron chi connectivity index (χ3n) is 2.93. The zero-order valence-electron chi connectivity index (χ0n) is 10.9. The van der Waals surface area contributed by atoms with Crippen molar-refractivity contribution < 1.29 is 17.8 Å². The molecule has 0 aliphatic rings. The summed E-state index contributed by atoms with van der Waals surface area (Å²) < 4.78 is 33.6. The molecule has 0 aliphatic carbocycles. The van der Waals surface area contributed by atoms with Crippen LogP contribution in [0.15, 0.2) is 53.4 Å². The molecule has 0 saturated heterocycles. The van der Waals surface area contributed by atoms with E-state index in [1.54, 1.807) is 49.4 Å². The van der Waals surface area contributed by atoms with E-state index in [0.29, 0.717) is 5.56 Å². The van der Waals surface area contributed by atoms with Gasteiger partial charge in [-0.3, -0.25) is 4.79 Å². The first kappa shape index (κ1) is 14.4. The Kier molecular flexibility index (Phi) is 4.01. The Hall–Kier alpha value is -1.98. The molecule has 0 aliphatic heterocycles. The number of hydrogen-bond donors (Lipinski definition) is 0. The molecular weight excluding hydrogens is 276 g/mol. The van der Waals surface area contributed by atoms with Gasteiger partial charge in [-0.25, -0.2) is 8.42 Å². The van der Waals surface area contributed by atoms with Gasteiger partial charge >= 0.3 is 0 Å². The Morgan fingerprint density at radius 2 is 1.75 bits per heavy atom. The van der Waals surface area contributed by atoms with Gasteiger partial charge in [0.2, 0.25) is 0 Å². The molecule has 0 aromatic heterocycles. The van der Waals surface area contributed by atoms with Gasteiger partial charge in [0.1, 0.15) is 10.1 Å². The minimum atomic E-state index is -4.58. The van der Waals surface area contributed by atoms with Crippen LogP contribution in [0.2, 0.25) is 0 Å². The van der Waals surface area contributed by atoms with E-state index < -0.39 is 10.1 Å². The van der Waals surface area contributed by atoms with Gasteiger partial charge in [-0.15, -0.1) is 0 Å². The van der Waals surface area contributed by atoms with Crippen molar-refractivity contribution >= 4 is 15.9 Å². The summed E-state index contributed by atoms with van der Waals surface area (Å²) >= 11 is 0. The van der Waals surface area contributed by atoms with E-state index >= 15 is 0 Å². The molecule has 0 unspecified atom stereocenters. The van der Waals surface area contributed by atoms with Crippen molar-refractivity contribution in [1.82, 2.24) is 0 Å². The maximum Gasteiger partial charge on any atom is 0.167 e. The summed E-state index contributed by atoms with van der Waals surface area (Å²) in [6.45, 7) is 1.78. The van der Waals surface area contributed by atoms with Crippen LogP contribution >= 0.6 is 0 Å². The minimum Gasteiger partial charge on any atom is -0.744 e. The van der Waals surface area contributed by atoms with Gasteiger partial charge in [0.15, 0.2) is 5.78 Å². The van der Waals surface area contributed by atoms with Crippen molar-refractivity contribution in [1.29, 1.82) is 0 Å². The summed E-state index contributed by atoms with van der Waals surface area (Å²) in [4.78, 5) is 11.8. The molecule has 0 heterocycles. The van der Waals surface area contributed by atoms with Crippen LogP contribution in [0.3, 0.4) is 0 Å². The van der Waals surface area contributed by atoms with Crippen LogP contribution in [0.1, 0.15) is 21.5 Å². The fourth-order valence-electron chi connectivity index (χ4n) is 1.99. The lowest BCUT2D eigenvalue weighted by Gasteiger charge is -2.13. The first-order valence-electron chi connectivity index (χ1n) is 6.01. The second-order valence-corrected chi connectivity index (χ2v) is 5.88. The number of aryl methyl sites for hydroxylation is 1. The molecule has 0 bridgehead atoms. The van der Waals surface area contributed by atoms with Crippen molar-refractivity contribution in [2.24, 2.45) is 0 Å². The molecule has 20 heavy (non-hydrogen) atoms.